The van der Waals surface area contributed by atoms with E-state index in [1.165, 1.54) is 13.2 Å². The van der Waals surface area contributed by atoms with Gasteiger partial charge in [-0.05, 0) is 44.2 Å². The van der Waals surface area contributed by atoms with Gasteiger partial charge in [0, 0.05) is 56.0 Å². The summed E-state index contributed by atoms with van der Waals surface area (Å²) in [4.78, 5) is 16.2. The van der Waals surface area contributed by atoms with Gasteiger partial charge in [0.05, 0.1) is 12.8 Å². The molecule has 1 saturated heterocycles. The summed E-state index contributed by atoms with van der Waals surface area (Å²) in [5, 5.41) is 4.74. The van der Waals surface area contributed by atoms with Gasteiger partial charge in [-0.3, -0.25) is 4.79 Å². The number of carbonyl (C=O) groups is 1. The lowest BCUT2D eigenvalue weighted by molar-refractivity contribution is -0.127. The van der Waals surface area contributed by atoms with E-state index in [1.807, 2.05) is 55.4 Å². The van der Waals surface area contributed by atoms with Crippen LogP contribution in [-0.4, -0.2) is 59.3 Å². The Morgan fingerprint density at radius 3 is 2.66 bits per heavy atom. The molecule has 0 saturated carbocycles. The number of benzene rings is 2. The fourth-order valence-electron chi connectivity index (χ4n) is 4.36. The van der Waals surface area contributed by atoms with Gasteiger partial charge in [0.15, 0.2) is 0 Å². The first-order valence-electron chi connectivity index (χ1n) is 10.9. The summed E-state index contributed by atoms with van der Waals surface area (Å²) in [6.45, 7) is 4.96. The molecule has 0 N–H and O–H groups in total. The molecule has 1 amide bonds. The minimum absolute atomic E-state index is 0.226. The van der Waals surface area contributed by atoms with Gasteiger partial charge < -0.3 is 14.5 Å². The van der Waals surface area contributed by atoms with Gasteiger partial charge >= 0.3 is 0 Å². The van der Waals surface area contributed by atoms with Crippen LogP contribution in [-0.2, 0) is 11.3 Å². The first kappa shape index (κ1) is 22.0. The van der Waals surface area contributed by atoms with Crippen LogP contribution in [0.1, 0.15) is 18.9 Å². The van der Waals surface area contributed by atoms with Crippen molar-refractivity contribution >= 4 is 5.91 Å². The molecule has 7 heteroatoms. The standard InChI is InChI=1S/C25H29FN4O2/c1-4-29-15-18(12-24(29)31)14-28(2)16-19-17-30(20-8-6-5-7-9-20)27-25(19)22-11-10-21(32-3)13-23(22)26/h5-11,13,17-18H,4,12,14-16H2,1-3H3. The van der Waals surface area contributed by atoms with Crippen LogP contribution < -0.4 is 4.74 Å². The fourth-order valence-corrected chi connectivity index (χ4v) is 4.36. The van der Waals surface area contributed by atoms with Gasteiger partial charge in [-0.2, -0.15) is 5.10 Å². The molecule has 0 radical (unpaired) electrons. The molecule has 1 atom stereocenters. The first-order chi connectivity index (χ1) is 15.5. The number of para-hydroxylation sites is 1. The van der Waals surface area contributed by atoms with Crippen molar-refractivity contribution in [1.82, 2.24) is 19.6 Å². The number of likely N-dealkylation sites (tertiary alicyclic amines) is 1. The predicted molar refractivity (Wildman–Crippen MR) is 122 cm³/mol. The lowest BCUT2D eigenvalue weighted by Gasteiger charge is -2.21. The molecule has 2 heterocycles. The molecule has 32 heavy (non-hydrogen) atoms. The van der Waals surface area contributed by atoms with E-state index in [9.17, 15) is 9.18 Å². The maximum Gasteiger partial charge on any atom is 0.222 e. The minimum Gasteiger partial charge on any atom is -0.497 e. The average Bonchev–Trinajstić information content (AvgIpc) is 3.36. The summed E-state index contributed by atoms with van der Waals surface area (Å²) >= 11 is 0. The largest absolute Gasteiger partial charge is 0.497 e. The Balaban J connectivity index is 1.61. The van der Waals surface area contributed by atoms with E-state index < -0.39 is 0 Å². The van der Waals surface area contributed by atoms with Gasteiger partial charge in [-0.1, -0.05) is 18.2 Å². The van der Waals surface area contributed by atoms with Crippen LogP contribution in [0.15, 0.2) is 54.7 Å². The molecule has 2 aromatic carbocycles. The van der Waals surface area contributed by atoms with Crippen molar-refractivity contribution in [2.75, 3.05) is 33.8 Å². The van der Waals surface area contributed by atoms with Crippen LogP contribution >= 0.6 is 0 Å². The quantitative estimate of drug-likeness (QED) is 0.536. The van der Waals surface area contributed by atoms with E-state index in [0.717, 1.165) is 30.9 Å². The molecule has 6 nitrogen and oxygen atoms in total. The molecule has 0 bridgehead atoms. The third-order valence-electron chi connectivity index (χ3n) is 5.93. The maximum atomic E-state index is 14.9. The van der Waals surface area contributed by atoms with E-state index in [0.29, 0.717) is 35.9 Å². The summed E-state index contributed by atoms with van der Waals surface area (Å²) in [5.74, 6) is 0.631. The van der Waals surface area contributed by atoms with E-state index in [4.69, 9.17) is 9.84 Å². The van der Waals surface area contributed by atoms with Crippen LogP contribution in [0.3, 0.4) is 0 Å². The highest BCUT2D eigenvalue weighted by atomic mass is 19.1. The Bertz CT molecular complexity index is 1080. The Morgan fingerprint density at radius 1 is 1.22 bits per heavy atom. The molecule has 1 fully saturated rings. The number of methoxy groups -OCH3 is 1. The number of amides is 1. The summed E-state index contributed by atoms with van der Waals surface area (Å²) in [6, 6.07) is 14.6. The van der Waals surface area contributed by atoms with Gasteiger partial charge in [0.2, 0.25) is 5.91 Å². The second kappa shape index (κ2) is 9.53. The van der Waals surface area contributed by atoms with Gasteiger partial charge in [0.25, 0.3) is 0 Å². The summed E-state index contributed by atoms with van der Waals surface area (Å²) < 4.78 is 21.9. The first-order valence-corrected chi connectivity index (χ1v) is 10.9. The van der Waals surface area contributed by atoms with Crippen molar-refractivity contribution in [2.45, 2.75) is 19.9 Å². The molecule has 0 aliphatic carbocycles. The molecule has 3 aromatic rings. The van der Waals surface area contributed by atoms with Crippen LogP contribution in [0.5, 0.6) is 5.75 Å². The van der Waals surface area contributed by atoms with Crippen molar-refractivity contribution in [2.24, 2.45) is 5.92 Å². The minimum atomic E-state index is -0.369. The molecule has 4 rings (SSSR count). The lowest BCUT2D eigenvalue weighted by atomic mass is 10.1. The maximum absolute atomic E-state index is 14.9. The predicted octanol–water partition coefficient (Wildman–Crippen LogP) is 3.99. The zero-order valence-corrected chi connectivity index (χ0v) is 18.8. The Morgan fingerprint density at radius 2 is 2.00 bits per heavy atom. The molecular formula is C25H29FN4O2. The summed E-state index contributed by atoms with van der Waals surface area (Å²) in [7, 11) is 3.56. The highest BCUT2D eigenvalue weighted by Crippen LogP contribution is 2.30. The Kier molecular flexibility index (Phi) is 6.55. The van der Waals surface area contributed by atoms with Crippen LogP contribution in [0.4, 0.5) is 4.39 Å². The molecule has 1 aliphatic rings. The van der Waals surface area contributed by atoms with Crippen molar-refractivity contribution in [3.05, 3.63) is 66.1 Å². The normalized spacial score (nSPS) is 16.2. The SMILES string of the molecule is CCN1CC(CN(C)Cc2cn(-c3ccccc3)nc2-c2ccc(OC)cc2F)CC1=O. The van der Waals surface area contributed by atoms with Crippen molar-refractivity contribution in [1.29, 1.82) is 0 Å². The number of ether oxygens (including phenoxy) is 1. The van der Waals surface area contributed by atoms with Crippen LogP contribution in [0.25, 0.3) is 16.9 Å². The summed E-state index contributed by atoms with van der Waals surface area (Å²) in [5.41, 5.74) is 2.89. The molecule has 168 valence electrons. The third kappa shape index (κ3) is 4.67. The average molecular weight is 437 g/mol. The molecule has 1 unspecified atom stereocenters. The van der Waals surface area contributed by atoms with E-state index in [1.54, 1.807) is 16.8 Å². The lowest BCUT2D eigenvalue weighted by Crippen LogP contribution is -2.28. The number of carbonyl (C=O) groups excluding carboxylic acids is 1. The number of hydrogen-bond donors (Lipinski definition) is 0. The number of halogens is 1. The second-order valence-corrected chi connectivity index (χ2v) is 8.33. The zero-order valence-electron chi connectivity index (χ0n) is 18.8. The van der Waals surface area contributed by atoms with E-state index in [2.05, 4.69) is 4.90 Å². The highest BCUT2D eigenvalue weighted by molar-refractivity contribution is 5.78. The van der Waals surface area contributed by atoms with Gasteiger partial charge in [-0.15, -0.1) is 0 Å². The Hall–Kier alpha value is -3.19. The molecular weight excluding hydrogens is 407 g/mol. The van der Waals surface area contributed by atoms with Crippen molar-refractivity contribution < 1.29 is 13.9 Å². The molecule has 1 aromatic heterocycles. The zero-order chi connectivity index (χ0) is 22.7. The Labute approximate surface area is 188 Å². The topological polar surface area (TPSA) is 50.6 Å². The number of hydrogen-bond acceptors (Lipinski definition) is 4. The van der Waals surface area contributed by atoms with Crippen molar-refractivity contribution in [3.8, 4) is 22.7 Å². The highest BCUT2D eigenvalue weighted by Gasteiger charge is 2.29. The smallest absolute Gasteiger partial charge is 0.222 e. The van der Waals surface area contributed by atoms with Gasteiger partial charge in [0.1, 0.15) is 17.3 Å². The summed E-state index contributed by atoms with van der Waals surface area (Å²) in [6.07, 6.45) is 2.55. The van der Waals surface area contributed by atoms with Crippen LogP contribution in [0, 0.1) is 11.7 Å². The van der Waals surface area contributed by atoms with Crippen molar-refractivity contribution in [3.63, 3.8) is 0 Å². The molecule has 0 spiro atoms. The third-order valence-corrected chi connectivity index (χ3v) is 5.93. The van der Waals surface area contributed by atoms with E-state index >= 15 is 0 Å². The second-order valence-electron chi connectivity index (χ2n) is 8.33. The van der Waals surface area contributed by atoms with Gasteiger partial charge in [-0.25, -0.2) is 9.07 Å². The molecule has 1 aliphatic heterocycles. The number of rotatable bonds is 8. The monoisotopic (exact) mass is 436 g/mol. The van der Waals surface area contributed by atoms with Crippen LogP contribution in [0.2, 0.25) is 0 Å². The number of aromatic nitrogens is 2. The number of nitrogens with zero attached hydrogens (tertiary/aromatic N) is 4. The van der Waals surface area contributed by atoms with E-state index in [-0.39, 0.29) is 11.7 Å². The fraction of sp³-hybridized carbons (Fsp3) is 0.360.